The van der Waals surface area contributed by atoms with Crippen molar-refractivity contribution in [3.8, 4) is 5.69 Å². The minimum atomic E-state index is -3.85. The van der Waals surface area contributed by atoms with E-state index in [0.29, 0.717) is 17.2 Å². The fourth-order valence-corrected chi connectivity index (χ4v) is 3.89. The molecule has 162 valence electrons. The lowest BCUT2D eigenvalue weighted by Crippen LogP contribution is -2.14. The van der Waals surface area contributed by atoms with Crippen LogP contribution in [0.4, 0.5) is 11.5 Å². The minimum absolute atomic E-state index is 0.0141. The SMILES string of the molecule is CCOC(=O)c1ccc(S(=O)(=O)Nc2ccc(-n3nc(C)cc3NC(C)=O)cc2)cc1. The maximum absolute atomic E-state index is 12.6. The van der Waals surface area contributed by atoms with Gasteiger partial charge in [0.2, 0.25) is 5.91 Å². The van der Waals surface area contributed by atoms with Crippen LogP contribution in [-0.4, -0.2) is 36.7 Å². The van der Waals surface area contributed by atoms with E-state index >= 15 is 0 Å². The number of nitrogens with one attached hydrogen (secondary N) is 2. The lowest BCUT2D eigenvalue weighted by atomic mass is 10.2. The Morgan fingerprint density at radius 3 is 2.29 bits per heavy atom. The molecule has 0 unspecified atom stereocenters. The zero-order valence-electron chi connectivity index (χ0n) is 17.2. The first-order valence-corrected chi connectivity index (χ1v) is 10.9. The van der Waals surface area contributed by atoms with Gasteiger partial charge in [0.15, 0.2) is 0 Å². The van der Waals surface area contributed by atoms with Gasteiger partial charge >= 0.3 is 5.97 Å². The zero-order chi connectivity index (χ0) is 22.6. The number of hydrogen-bond acceptors (Lipinski definition) is 6. The van der Waals surface area contributed by atoms with E-state index in [2.05, 4.69) is 15.1 Å². The van der Waals surface area contributed by atoms with Gasteiger partial charge in [-0.15, -0.1) is 0 Å². The summed E-state index contributed by atoms with van der Waals surface area (Å²) in [7, 11) is -3.85. The van der Waals surface area contributed by atoms with E-state index in [-0.39, 0.29) is 23.0 Å². The summed E-state index contributed by atoms with van der Waals surface area (Å²) >= 11 is 0. The summed E-state index contributed by atoms with van der Waals surface area (Å²) in [6, 6.07) is 13.8. The van der Waals surface area contributed by atoms with Gasteiger partial charge in [0, 0.05) is 18.7 Å². The number of aryl methyl sites for hydroxylation is 1. The van der Waals surface area contributed by atoms with Gasteiger partial charge in [-0.25, -0.2) is 17.9 Å². The lowest BCUT2D eigenvalue weighted by molar-refractivity contribution is -0.114. The van der Waals surface area contributed by atoms with Gasteiger partial charge in [0.25, 0.3) is 10.0 Å². The summed E-state index contributed by atoms with van der Waals surface area (Å²) in [5.74, 6) is -0.220. The number of aromatic nitrogens is 2. The van der Waals surface area contributed by atoms with Crippen molar-refractivity contribution >= 4 is 33.4 Å². The van der Waals surface area contributed by atoms with Crippen LogP contribution in [-0.2, 0) is 19.6 Å². The number of carbonyl (C=O) groups excluding carboxylic acids is 2. The molecule has 0 aliphatic rings. The average molecular weight is 442 g/mol. The molecule has 1 heterocycles. The van der Waals surface area contributed by atoms with Gasteiger partial charge in [0.1, 0.15) is 5.82 Å². The Hall–Kier alpha value is -3.66. The monoisotopic (exact) mass is 442 g/mol. The fourth-order valence-electron chi connectivity index (χ4n) is 2.84. The second kappa shape index (κ2) is 9.00. The molecule has 2 N–H and O–H groups in total. The highest BCUT2D eigenvalue weighted by Gasteiger charge is 2.16. The standard InChI is InChI=1S/C21H22N4O5S/c1-4-30-21(27)16-5-11-19(12-6-16)31(28,29)24-17-7-9-18(10-8-17)25-20(22-15(3)26)13-14(2)23-25/h5-13,24H,4H2,1-3H3,(H,22,26). The lowest BCUT2D eigenvalue weighted by Gasteiger charge is -2.11. The van der Waals surface area contributed by atoms with E-state index in [4.69, 9.17) is 4.74 Å². The number of hydrogen-bond donors (Lipinski definition) is 2. The van der Waals surface area contributed by atoms with Crippen molar-refractivity contribution < 1.29 is 22.7 Å². The summed E-state index contributed by atoms with van der Waals surface area (Å²) < 4.78 is 34.2. The maximum Gasteiger partial charge on any atom is 0.338 e. The second-order valence-electron chi connectivity index (χ2n) is 6.66. The van der Waals surface area contributed by atoms with Crippen LogP contribution in [0.2, 0.25) is 0 Å². The quantitative estimate of drug-likeness (QED) is 0.543. The summed E-state index contributed by atoms with van der Waals surface area (Å²) in [4.78, 5) is 23.1. The summed E-state index contributed by atoms with van der Waals surface area (Å²) in [6.45, 7) is 5.14. The van der Waals surface area contributed by atoms with Crippen LogP contribution in [0.1, 0.15) is 29.9 Å². The van der Waals surface area contributed by atoms with Crippen molar-refractivity contribution in [1.29, 1.82) is 0 Å². The molecular formula is C21H22N4O5S. The molecule has 31 heavy (non-hydrogen) atoms. The van der Waals surface area contributed by atoms with Crippen molar-refractivity contribution in [3.63, 3.8) is 0 Å². The number of anilines is 2. The topological polar surface area (TPSA) is 119 Å². The van der Waals surface area contributed by atoms with E-state index in [1.807, 2.05) is 0 Å². The molecule has 10 heteroatoms. The van der Waals surface area contributed by atoms with Crippen molar-refractivity contribution in [3.05, 3.63) is 65.9 Å². The Bertz CT molecular complexity index is 1200. The Kier molecular flexibility index (Phi) is 6.40. The first kappa shape index (κ1) is 22.0. The molecule has 1 amide bonds. The third-order valence-corrected chi connectivity index (χ3v) is 5.57. The Balaban J connectivity index is 1.78. The summed E-state index contributed by atoms with van der Waals surface area (Å²) in [5, 5.41) is 7.05. The van der Waals surface area contributed by atoms with Crippen molar-refractivity contribution in [2.45, 2.75) is 25.7 Å². The molecule has 0 atom stereocenters. The molecule has 1 aromatic heterocycles. The van der Waals surface area contributed by atoms with Gasteiger partial charge < -0.3 is 10.1 Å². The predicted octanol–water partition coefficient (Wildman–Crippen LogP) is 3.12. The van der Waals surface area contributed by atoms with Crippen LogP contribution < -0.4 is 10.0 Å². The number of ether oxygens (including phenoxy) is 1. The molecule has 0 spiro atoms. The Morgan fingerprint density at radius 1 is 1.06 bits per heavy atom. The van der Waals surface area contributed by atoms with E-state index in [9.17, 15) is 18.0 Å². The molecule has 0 fully saturated rings. The molecule has 3 aromatic rings. The number of carbonyl (C=O) groups is 2. The summed E-state index contributed by atoms with van der Waals surface area (Å²) in [5.41, 5.74) is 2.00. The van der Waals surface area contributed by atoms with Crippen LogP contribution in [0.15, 0.2) is 59.5 Å². The third-order valence-electron chi connectivity index (χ3n) is 4.18. The number of nitrogens with zero attached hydrogens (tertiary/aromatic N) is 2. The van der Waals surface area contributed by atoms with Crippen LogP contribution in [0.5, 0.6) is 0 Å². The van der Waals surface area contributed by atoms with Gasteiger partial charge in [-0.05, 0) is 62.4 Å². The van der Waals surface area contributed by atoms with E-state index in [1.165, 1.54) is 31.2 Å². The predicted molar refractivity (Wildman–Crippen MR) is 116 cm³/mol. The van der Waals surface area contributed by atoms with E-state index < -0.39 is 16.0 Å². The highest BCUT2D eigenvalue weighted by molar-refractivity contribution is 7.92. The largest absolute Gasteiger partial charge is 0.462 e. The Morgan fingerprint density at radius 2 is 1.71 bits per heavy atom. The smallest absolute Gasteiger partial charge is 0.338 e. The number of benzene rings is 2. The van der Waals surface area contributed by atoms with Crippen LogP contribution in [0, 0.1) is 6.92 Å². The van der Waals surface area contributed by atoms with Crippen molar-refractivity contribution in [2.24, 2.45) is 0 Å². The average Bonchev–Trinajstić information content (AvgIpc) is 3.08. The molecule has 0 radical (unpaired) electrons. The molecule has 2 aromatic carbocycles. The van der Waals surface area contributed by atoms with Crippen molar-refractivity contribution in [2.75, 3.05) is 16.6 Å². The number of esters is 1. The first-order chi connectivity index (χ1) is 14.7. The van der Waals surface area contributed by atoms with Gasteiger partial charge in [0.05, 0.1) is 28.4 Å². The van der Waals surface area contributed by atoms with Crippen LogP contribution >= 0.6 is 0 Å². The fraction of sp³-hybridized carbons (Fsp3) is 0.190. The second-order valence-corrected chi connectivity index (χ2v) is 8.34. The zero-order valence-corrected chi connectivity index (χ0v) is 18.1. The third kappa shape index (κ3) is 5.28. The number of rotatable bonds is 7. The summed E-state index contributed by atoms with van der Waals surface area (Å²) in [6.07, 6.45) is 0. The molecule has 0 bridgehead atoms. The minimum Gasteiger partial charge on any atom is -0.462 e. The van der Waals surface area contributed by atoms with Gasteiger partial charge in [-0.1, -0.05) is 0 Å². The van der Waals surface area contributed by atoms with Gasteiger partial charge in [-0.3, -0.25) is 9.52 Å². The normalized spacial score (nSPS) is 11.1. The molecule has 0 saturated heterocycles. The molecule has 0 aliphatic carbocycles. The number of amides is 1. The first-order valence-electron chi connectivity index (χ1n) is 9.44. The van der Waals surface area contributed by atoms with E-state index in [1.54, 1.807) is 48.9 Å². The van der Waals surface area contributed by atoms with Crippen molar-refractivity contribution in [1.82, 2.24) is 9.78 Å². The molecule has 0 aliphatic heterocycles. The van der Waals surface area contributed by atoms with Crippen LogP contribution in [0.3, 0.4) is 0 Å². The molecule has 0 saturated carbocycles. The highest BCUT2D eigenvalue weighted by Crippen LogP contribution is 2.21. The Labute approximate surface area is 180 Å². The van der Waals surface area contributed by atoms with Gasteiger partial charge in [-0.2, -0.15) is 5.10 Å². The molecular weight excluding hydrogens is 420 g/mol. The molecule has 9 nitrogen and oxygen atoms in total. The highest BCUT2D eigenvalue weighted by atomic mass is 32.2. The molecule has 3 rings (SSSR count). The van der Waals surface area contributed by atoms with E-state index in [0.717, 1.165) is 5.69 Å². The number of sulfonamides is 1. The van der Waals surface area contributed by atoms with Crippen LogP contribution in [0.25, 0.3) is 5.69 Å². The maximum atomic E-state index is 12.6.